The van der Waals surface area contributed by atoms with Gasteiger partial charge in [-0.1, -0.05) is 18.2 Å². The van der Waals surface area contributed by atoms with E-state index in [1.165, 1.54) is 17.7 Å². The summed E-state index contributed by atoms with van der Waals surface area (Å²) in [6, 6.07) is 10.9. The fourth-order valence-corrected chi connectivity index (χ4v) is 4.87. The first-order valence-electron chi connectivity index (χ1n) is 10.3. The van der Waals surface area contributed by atoms with Gasteiger partial charge in [0.1, 0.15) is 24.5 Å². The zero-order valence-corrected chi connectivity index (χ0v) is 16.8. The van der Waals surface area contributed by atoms with Crippen LogP contribution in [-0.2, 0) is 27.5 Å². The van der Waals surface area contributed by atoms with Crippen LogP contribution >= 0.6 is 0 Å². The number of halogens is 1. The molecule has 2 aromatic carbocycles. The van der Waals surface area contributed by atoms with Gasteiger partial charge in [0, 0.05) is 47.9 Å². The largest absolute Gasteiger partial charge is 0.487 e. The topological polar surface area (TPSA) is 58.6 Å². The molecule has 0 radical (unpaired) electrons. The molecule has 1 amide bonds. The molecule has 0 aromatic heterocycles. The van der Waals surface area contributed by atoms with Gasteiger partial charge in [-0.3, -0.25) is 9.69 Å². The van der Waals surface area contributed by atoms with Crippen LogP contribution in [0.2, 0.25) is 0 Å². The number of rotatable bonds is 4. The Morgan fingerprint density at radius 1 is 1.23 bits per heavy atom. The minimum Gasteiger partial charge on any atom is -0.487 e. The van der Waals surface area contributed by atoms with Crippen molar-refractivity contribution >= 4 is 29.2 Å². The van der Waals surface area contributed by atoms with Crippen LogP contribution in [0.3, 0.4) is 0 Å². The second-order valence-electron chi connectivity index (χ2n) is 8.41. The Kier molecular flexibility index (Phi) is 4.66. The highest BCUT2D eigenvalue weighted by molar-refractivity contribution is 6.36. The van der Waals surface area contributed by atoms with Crippen LogP contribution in [0.4, 0.5) is 10.1 Å². The van der Waals surface area contributed by atoms with Crippen LogP contribution in [0.15, 0.2) is 36.4 Å². The standard InChI is InChI=1S/C24H23FN2O3/c1-14-8-16(6-7-28)12-27(14)11-15-2-4-19-17(9-15)13-30-23(19)22-20-10-18(25)3-5-21(20)26-24(22)29/h2-5,7,9-10,14,16H,6,8,11-13H2,1H3,(H,26,29). The van der Waals surface area contributed by atoms with E-state index >= 15 is 0 Å². The lowest BCUT2D eigenvalue weighted by Gasteiger charge is -2.21. The Labute approximate surface area is 174 Å². The Morgan fingerprint density at radius 2 is 2.10 bits per heavy atom. The number of hydrogen-bond acceptors (Lipinski definition) is 4. The molecular formula is C24H23FN2O3. The number of aldehydes is 1. The van der Waals surface area contributed by atoms with E-state index in [2.05, 4.69) is 29.3 Å². The fourth-order valence-electron chi connectivity index (χ4n) is 4.87. The van der Waals surface area contributed by atoms with Crippen molar-refractivity contribution in [2.75, 3.05) is 11.9 Å². The Morgan fingerprint density at radius 3 is 2.93 bits per heavy atom. The number of nitrogens with one attached hydrogen (secondary N) is 1. The van der Waals surface area contributed by atoms with Gasteiger partial charge >= 0.3 is 0 Å². The molecule has 1 N–H and O–H groups in total. The third kappa shape index (κ3) is 3.21. The molecule has 5 rings (SSSR count). The first-order valence-corrected chi connectivity index (χ1v) is 10.3. The molecule has 1 saturated heterocycles. The number of hydrogen-bond donors (Lipinski definition) is 1. The van der Waals surface area contributed by atoms with Crippen LogP contribution in [-0.4, -0.2) is 29.7 Å². The lowest BCUT2D eigenvalue weighted by molar-refractivity contribution is -0.111. The first-order chi connectivity index (χ1) is 14.5. The molecule has 0 saturated carbocycles. The van der Waals surface area contributed by atoms with E-state index in [0.29, 0.717) is 47.6 Å². The Hall–Kier alpha value is -2.99. The lowest BCUT2D eigenvalue weighted by Crippen LogP contribution is -2.26. The molecule has 3 aliphatic rings. The molecule has 6 heteroatoms. The van der Waals surface area contributed by atoms with Crippen molar-refractivity contribution in [3.63, 3.8) is 0 Å². The van der Waals surface area contributed by atoms with Crippen LogP contribution in [0.1, 0.15) is 42.0 Å². The summed E-state index contributed by atoms with van der Waals surface area (Å²) in [5, 5.41) is 2.79. The minimum absolute atomic E-state index is 0.269. The van der Waals surface area contributed by atoms with Crippen molar-refractivity contribution in [2.45, 2.75) is 39.0 Å². The second kappa shape index (κ2) is 7.36. The van der Waals surface area contributed by atoms with Crippen molar-refractivity contribution in [1.82, 2.24) is 4.90 Å². The monoisotopic (exact) mass is 406 g/mol. The third-order valence-electron chi connectivity index (χ3n) is 6.35. The highest BCUT2D eigenvalue weighted by atomic mass is 19.1. The predicted molar refractivity (Wildman–Crippen MR) is 112 cm³/mol. The number of carbonyl (C=O) groups excluding carboxylic acids is 2. The SMILES string of the molecule is CC1CC(CC=O)CN1Cc1ccc2c(c1)COC2=C1C(=O)Nc2ccc(F)cc21. The van der Waals surface area contributed by atoms with Gasteiger partial charge in [0.25, 0.3) is 5.91 Å². The zero-order valence-electron chi connectivity index (χ0n) is 16.8. The lowest BCUT2D eigenvalue weighted by atomic mass is 9.99. The molecule has 30 heavy (non-hydrogen) atoms. The number of carbonyl (C=O) groups is 2. The molecule has 3 heterocycles. The van der Waals surface area contributed by atoms with Crippen LogP contribution in [0.5, 0.6) is 0 Å². The van der Waals surface area contributed by atoms with Crippen molar-refractivity contribution in [2.24, 2.45) is 5.92 Å². The van der Waals surface area contributed by atoms with E-state index in [4.69, 9.17) is 4.74 Å². The molecule has 0 spiro atoms. The summed E-state index contributed by atoms with van der Waals surface area (Å²) in [6.07, 6.45) is 2.69. The van der Waals surface area contributed by atoms with E-state index in [0.717, 1.165) is 36.9 Å². The van der Waals surface area contributed by atoms with Gasteiger partial charge in [-0.15, -0.1) is 0 Å². The number of benzene rings is 2. The molecule has 2 unspecified atom stereocenters. The first kappa shape index (κ1) is 19.0. The highest BCUT2D eigenvalue weighted by Crippen LogP contribution is 2.42. The average Bonchev–Trinajstić information content (AvgIpc) is 3.37. The minimum atomic E-state index is -0.385. The maximum atomic E-state index is 13.8. The maximum Gasteiger partial charge on any atom is 0.260 e. The number of nitrogens with zero attached hydrogens (tertiary/aromatic N) is 1. The van der Waals surface area contributed by atoms with Crippen molar-refractivity contribution < 1.29 is 18.7 Å². The fraction of sp³-hybridized carbons (Fsp3) is 0.333. The summed E-state index contributed by atoms with van der Waals surface area (Å²) in [5.41, 5.74) is 4.63. The smallest absolute Gasteiger partial charge is 0.260 e. The zero-order chi connectivity index (χ0) is 20.8. The van der Waals surface area contributed by atoms with E-state index in [1.807, 2.05) is 6.07 Å². The molecule has 0 aliphatic carbocycles. The molecule has 2 atom stereocenters. The van der Waals surface area contributed by atoms with Crippen LogP contribution < -0.4 is 5.32 Å². The second-order valence-corrected chi connectivity index (χ2v) is 8.41. The molecule has 5 nitrogen and oxygen atoms in total. The molecule has 1 fully saturated rings. The summed E-state index contributed by atoms with van der Waals surface area (Å²) in [7, 11) is 0. The molecule has 154 valence electrons. The molecule has 0 bridgehead atoms. The molecular weight excluding hydrogens is 383 g/mol. The summed E-state index contributed by atoms with van der Waals surface area (Å²) in [5.74, 6) is 0.297. The van der Waals surface area contributed by atoms with Crippen molar-refractivity contribution in [1.29, 1.82) is 0 Å². The van der Waals surface area contributed by atoms with Gasteiger partial charge in [0.2, 0.25) is 0 Å². The van der Waals surface area contributed by atoms with Gasteiger partial charge in [-0.2, -0.15) is 0 Å². The van der Waals surface area contributed by atoms with Gasteiger partial charge in [-0.25, -0.2) is 4.39 Å². The summed E-state index contributed by atoms with van der Waals surface area (Å²) in [4.78, 5) is 25.8. The predicted octanol–water partition coefficient (Wildman–Crippen LogP) is 3.98. The van der Waals surface area contributed by atoms with E-state index < -0.39 is 0 Å². The summed E-state index contributed by atoms with van der Waals surface area (Å²) >= 11 is 0. The Balaban J connectivity index is 1.43. The quantitative estimate of drug-likeness (QED) is 0.617. The van der Waals surface area contributed by atoms with Gasteiger partial charge in [-0.05, 0) is 43.0 Å². The third-order valence-corrected chi connectivity index (χ3v) is 6.35. The molecule has 2 aromatic rings. The van der Waals surface area contributed by atoms with Gasteiger partial charge in [0.15, 0.2) is 0 Å². The molecule has 3 aliphatic heterocycles. The number of ether oxygens (including phenoxy) is 1. The van der Waals surface area contributed by atoms with Gasteiger partial charge < -0.3 is 14.8 Å². The summed E-state index contributed by atoms with van der Waals surface area (Å²) < 4.78 is 19.7. The number of amides is 1. The van der Waals surface area contributed by atoms with Gasteiger partial charge in [0.05, 0.1) is 5.57 Å². The van der Waals surface area contributed by atoms with Crippen molar-refractivity contribution in [3.05, 3.63) is 64.5 Å². The highest BCUT2D eigenvalue weighted by Gasteiger charge is 2.33. The number of anilines is 1. The van der Waals surface area contributed by atoms with E-state index in [-0.39, 0.29) is 11.7 Å². The number of likely N-dealkylation sites (tertiary alicyclic amines) is 1. The number of fused-ring (bicyclic) bond motifs is 2. The van der Waals surface area contributed by atoms with Crippen molar-refractivity contribution in [3.8, 4) is 0 Å². The van der Waals surface area contributed by atoms with Crippen LogP contribution in [0.25, 0.3) is 11.3 Å². The summed E-state index contributed by atoms with van der Waals surface area (Å²) in [6.45, 7) is 4.36. The average molecular weight is 406 g/mol. The normalized spacial score (nSPS) is 25.1. The van der Waals surface area contributed by atoms with E-state index in [9.17, 15) is 14.0 Å². The maximum absolute atomic E-state index is 13.8. The Bertz CT molecular complexity index is 1080. The van der Waals surface area contributed by atoms with Crippen LogP contribution in [0, 0.1) is 11.7 Å². The van der Waals surface area contributed by atoms with E-state index in [1.54, 1.807) is 6.07 Å².